The SMILES string of the molecule is Cc1nnc(NCCc2ccsc2)nc1C. The van der Waals surface area contributed by atoms with Crippen LogP contribution in [0.15, 0.2) is 16.8 Å². The van der Waals surface area contributed by atoms with E-state index < -0.39 is 0 Å². The molecular formula is C11H14N4S. The molecule has 16 heavy (non-hydrogen) atoms. The van der Waals surface area contributed by atoms with E-state index in [1.807, 2.05) is 13.8 Å². The van der Waals surface area contributed by atoms with Gasteiger partial charge < -0.3 is 5.32 Å². The van der Waals surface area contributed by atoms with E-state index in [9.17, 15) is 0 Å². The number of rotatable bonds is 4. The largest absolute Gasteiger partial charge is 0.353 e. The monoisotopic (exact) mass is 234 g/mol. The van der Waals surface area contributed by atoms with Crippen molar-refractivity contribution in [3.63, 3.8) is 0 Å². The maximum atomic E-state index is 4.31. The summed E-state index contributed by atoms with van der Waals surface area (Å²) in [4.78, 5) is 4.31. The highest BCUT2D eigenvalue weighted by atomic mass is 32.1. The second-order valence-corrected chi connectivity index (χ2v) is 4.39. The van der Waals surface area contributed by atoms with Crippen molar-refractivity contribution in [2.24, 2.45) is 0 Å². The first-order valence-corrected chi connectivity index (χ1v) is 6.13. The van der Waals surface area contributed by atoms with E-state index in [4.69, 9.17) is 0 Å². The smallest absolute Gasteiger partial charge is 0.242 e. The van der Waals surface area contributed by atoms with Crippen LogP contribution in [0.2, 0.25) is 0 Å². The molecule has 0 spiro atoms. The summed E-state index contributed by atoms with van der Waals surface area (Å²) in [6.45, 7) is 4.68. The van der Waals surface area contributed by atoms with Gasteiger partial charge in [0.1, 0.15) is 0 Å². The predicted octanol–water partition coefficient (Wildman–Crippen LogP) is 2.20. The van der Waals surface area contributed by atoms with E-state index in [1.165, 1.54) is 5.56 Å². The van der Waals surface area contributed by atoms with Gasteiger partial charge in [0.05, 0.1) is 11.4 Å². The molecule has 4 nitrogen and oxygen atoms in total. The van der Waals surface area contributed by atoms with Gasteiger partial charge in [-0.05, 0) is 42.7 Å². The topological polar surface area (TPSA) is 50.7 Å². The molecule has 0 aliphatic rings. The summed E-state index contributed by atoms with van der Waals surface area (Å²) >= 11 is 1.72. The van der Waals surface area contributed by atoms with Crippen molar-refractivity contribution in [3.05, 3.63) is 33.8 Å². The number of aryl methyl sites for hydroxylation is 2. The molecule has 1 N–H and O–H groups in total. The molecule has 0 aliphatic heterocycles. The normalized spacial score (nSPS) is 10.4. The summed E-state index contributed by atoms with van der Waals surface area (Å²) in [5, 5.41) is 15.4. The maximum absolute atomic E-state index is 4.31. The lowest BCUT2D eigenvalue weighted by Gasteiger charge is -2.04. The summed E-state index contributed by atoms with van der Waals surface area (Å²) < 4.78 is 0. The first-order valence-electron chi connectivity index (χ1n) is 5.18. The number of nitrogens with one attached hydrogen (secondary N) is 1. The third-order valence-electron chi connectivity index (χ3n) is 2.37. The number of thiophene rings is 1. The van der Waals surface area contributed by atoms with Crippen molar-refractivity contribution in [2.75, 3.05) is 11.9 Å². The average Bonchev–Trinajstić information content (AvgIpc) is 2.76. The molecule has 2 rings (SSSR count). The van der Waals surface area contributed by atoms with Gasteiger partial charge in [-0.25, -0.2) is 4.98 Å². The molecule has 0 atom stereocenters. The molecule has 0 saturated heterocycles. The molecule has 0 radical (unpaired) electrons. The number of nitrogens with zero attached hydrogens (tertiary/aromatic N) is 3. The quantitative estimate of drug-likeness (QED) is 0.881. The Bertz CT molecular complexity index is 453. The maximum Gasteiger partial charge on any atom is 0.242 e. The van der Waals surface area contributed by atoms with Gasteiger partial charge in [-0.3, -0.25) is 0 Å². The van der Waals surface area contributed by atoms with Crippen LogP contribution in [0.5, 0.6) is 0 Å². The van der Waals surface area contributed by atoms with Gasteiger partial charge in [-0.1, -0.05) is 0 Å². The van der Waals surface area contributed by atoms with Gasteiger partial charge in [0.15, 0.2) is 0 Å². The van der Waals surface area contributed by atoms with Gasteiger partial charge in [0.2, 0.25) is 5.95 Å². The minimum absolute atomic E-state index is 0.610. The van der Waals surface area contributed by atoms with Crippen molar-refractivity contribution >= 4 is 17.3 Å². The molecule has 2 aromatic rings. The molecule has 0 unspecified atom stereocenters. The molecule has 0 fully saturated rings. The Balaban J connectivity index is 1.87. The summed E-state index contributed by atoms with van der Waals surface area (Å²) in [6, 6.07) is 2.13. The number of aromatic nitrogens is 3. The van der Waals surface area contributed by atoms with Gasteiger partial charge >= 0.3 is 0 Å². The lowest BCUT2D eigenvalue weighted by atomic mass is 10.2. The summed E-state index contributed by atoms with van der Waals surface area (Å²) in [7, 11) is 0. The Kier molecular flexibility index (Phi) is 3.46. The Hall–Kier alpha value is -1.49. The molecule has 0 bridgehead atoms. The van der Waals surface area contributed by atoms with Crippen molar-refractivity contribution < 1.29 is 0 Å². The molecule has 84 valence electrons. The zero-order valence-corrected chi connectivity index (χ0v) is 10.2. The van der Waals surface area contributed by atoms with Crippen LogP contribution in [0, 0.1) is 13.8 Å². The third kappa shape index (κ3) is 2.76. The molecule has 0 aliphatic carbocycles. The highest BCUT2D eigenvalue weighted by Gasteiger charge is 2.00. The van der Waals surface area contributed by atoms with Gasteiger partial charge in [-0.2, -0.15) is 16.4 Å². The average molecular weight is 234 g/mol. The zero-order chi connectivity index (χ0) is 11.4. The minimum atomic E-state index is 0.610. The van der Waals surface area contributed by atoms with Crippen LogP contribution in [0.4, 0.5) is 5.95 Å². The lowest BCUT2D eigenvalue weighted by molar-refractivity contribution is 0.878. The number of hydrogen-bond acceptors (Lipinski definition) is 5. The van der Waals surface area contributed by atoms with Crippen LogP contribution in [-0.4, -0.2) is 21.7 Å². The van der Waals surface area contributed by atoms with Crippen molar-refractivity contribution in [1.82, 2.24) is 15.2 Å². The number of anilines is 1. The predicted molar refractivity (Wildman–Crippen MR) is 65.8 cm³/mol. The van der Waals surface area contributed by atoms with Crippen LogP contribution < -0.4 is 5.32 Å². The first kappa shape index (κ1) is 11.0. The Morgan fingerprint density at radius 3 is 2.81 bits per heavy atom. The van der Waals surface area contributed by atoms with E-state index >= 15 is 0 Å². The van der Waals surface area contributed by atoms with Crippen LogP contribution >= 0.6 is 11.3 Å². The zero-order valence-electron chi connectivity index (χ0n) is 9.40. The van der Waals surface area contributed by atoms with Crippen LogP contribution in [0.1, 0.15) is 17.0 Å². The van der Waals surface area contributed by atoms with E-state index in [2.05, 4.69) is 37.3 Å². The summed E-state index contributed by atoms with van der Waals surface area (Å²) in [6.07, 6.45) is 0.986. The molecule has 2 heterocycles. The fraction of sp³-hybridized carbons (Fsp3) is 0.364. The van der Waals surface area contributed by atoms with E-state index in [-0.39, 0.29) is 0 Å². The third-order valence-corrected chi connectivity index (χ3v) is 3.10. The molecular weight excluding hydrogens is 220 g/mol. The standard InChI is InChI=1S/C11H14N4S/c1-8-9(2)14-15-11(13-8)12-5-3-10-4-6-16-7-10/h4,6-7H,3,5H2,1-2H3,(H,12,13,15). The molecule has 2 aromatic heterocycles. The Labute approximate surface area is 98.8 Å². The molecule has 0 saturated carbocycles. The first-order chi connectivity index (χ1) is 7.75. The Morgan fingerprint density at radius 2 is 2.12 bits per heavy atom. The number of hydrogen-bond donors (Lipinski definition) is 1. The van der Waals surface area contributed by atoms with Crippen LogP contribution in [-0.2, 0) is 6.42 Å². The molecule has 0 aromatic carbocycles. The second-order valence-electron chi connectivity index (χ2n) is 3.61. The van der Waals surface area contributed by atoms with Crippen molar-refractivity contribution in [3.8, 4) is 0 Å². The van der Waals surface area contributed by atoms with E-state index in [0.29, 0.717) is 5.95 Å². The van der Waals surface area contributed by atoms with E-state index in [0.717, 1.165) is 24.4 Å². The van der Waals surface area contributed by atoms with Crippen LogP contribution in [0.25, 0.3) is 0 Å². The highest BCUT2D eigenvalue weighted by Crippen LogP contribution is 2.07. The molecule has 5 heteroatoms. The second kappa shape index (κ2) is 5.03. The van der Waals surface area contributed by atoms with Gasteiger partial charge in [0.25, 0.3) is 0 Å². The minimum Gasteiger partial charge on any atom is -0.353 e. The van der Waals surface area contributed by atoms with Crippen molar-refractivity contribution in [1.29, 1.82) is 0 Å². The summed E-state index contributed by atoms with van der Waals surface area (Å²) in [5.41, 5.74) is 3.14. The van der Waals surface area contributed by atoms with Crippen molar-refractivity contribution in [2.45, 2.75) is 20.3 Å². The molecule has 0 amide bonds. The fourth-order valence-electron chi connectivity index (χ4n) is 1.29. The van der Waals surface area contributed by atoms with Gasteiger partial charge in [-0.15, -0.1) is 5.10 Å². The lowest BCUT2D eigenvalue weighted by Crippen LogP contribution is -2.09. The summed E-state index contributed by atoms with van der Waals surface area (Å²) in [5.74, 6) is 0.610. The van der Waals surface area contributed by atoms with Gasteiger partial charge in [0, 0.05) is 6.54 Å². The Morgan fingerprint density at radius 1 is 1.25 bits per heavy atom. The van der Waals surface area contributed by atoms with Crippen LogP contribution in [0.3, 0.4) is 0 Å². The fourth-order valence-corrected chi connectivity index (χ4v) is 1.99. The highest BCUT2D eigenvalue weighted by molar-refractivity contribution is 7.07. The van der Waals surface area contributed by atoms with E-state index in [1.54, 1.807) is 11.3 Å².